The number of hydrogen-bond donors (Lipinski definition) is 2. The van der Waals surface area contributed by atoms with Crippen molar-refractivity contribution in [3.63, 3.8) is 0 Å². The maximum atomic E-state index is 5.91. The monoisotopic (exact) mass is 334 g/mol. The average molecular weight is 335 g/mol. The summed E-state index contributed by atoms with van der Waals surface area (Å²) in [6, 6.07) is 14.2. The SMILES string of the molecule is COc1cccc(C(CN)Nc2cc(C)ccc2Br)c1. The first kappa shape index (κ1) is 14.9. The molecule has 0 aliphatic rings. The molecule has 0 saturated heterocycles. The molecule has 0 aliphatic carbocycles. The summed E-state index contributed by atoms with van der Waals surface area (Å²) in [6.07, 6.45) is 0. The Bertz CT molecular complexity index is 586. The minimum absolute atomic E-state index is 0.0446. The summed E-state index contributed by atoms with van der Waals surface area (Å²) in [5.74, 6) is 0.839. The Morgan fingerprint density at radius 1 is 1.25 bits per heavy atom. The molecule has 0 saturated carbocycles. The molecule has 1 atom stereocenters. The number of hydrogen-bond acceptors (Lipinski definition) is 3. The fourth-order valence-corrected chi connectivity index (χ4v) is 2.44. The second-order valence-corrected chi connectivity index (χ2v) is 5.55. The molecule has 2 aromatic carbocycles. The van der Waals surface area contributed by atoms with Crippen LogP contribution in [0.2, 0.25) is 0 Å². The fraction of sp³-hybridized carbons (Fsp3) is 0.250. The van der Waals surface area contributed by atoms with Crippen molar-refractivity contribution in [1.29, 1.82) is 0 Å². The normalized spacial score (nSPS) is 12.0. The van der Waals surface area contributed by atoms with E-state index in [4.69, 9.17) is 10.5 Å². The molecule has 4 heteroatoms. The molecule has 0 heterocycles. The smallest absolute Gasteiger partial charge is 0.119 e. The Hall–Kier alpha value is -1.52. The Morgan fingerprint density at radius 3 is 2.75 bits per heavy atom. The van der Waals surface area contributed by atoms with Gasteiger partial charge < -0.3 is 15.8 Å². The molecule has 0 spiro atoms. The second-order valence-electron chi connectivity index (χ2n) is 4.69. The van der Waals surface area contributed by atoms with E-state index < -0.39 is 0 Å². The van der Waals surface area contributed by atoms with Crippen LogP contribution in [0.5, 0.6) is 5.75 Å². The van der Waals surface area contributed by atoms with Crippen molar-refractivity contribution in [2.75, 3.05) is 19.0 Å². The lowest BCUT2D eigenvalue weighted by Crippen LogP contribution is -2.20. The van der Waals surface area contributed by atoms with Crippen molar-refractivity contribution in [1.82, 2.24) is 0 Å². The third-order valence-electron chi connectivity index (χ3n) is 3.18. The number of anilines is 1. The van der Waals surface area contributed by atoms with Gasteiger partial charge in [0.2, 0.25) is 0 Å². The molecule has 20 heavy (non-hydrogen) atoms. The number of aryl methyl sites for hydroxylation is 1. The van der Waals surface area contributed by atoms with Gasteiger partial charge in [0.25, 0.3) is 0 Å². The fourth-order valence-electron chi connectivity index (χ4n) is 2.07. The van der Waals surface area contributed by atoms with Crippen molar-refractivity contribution in [2.45, 2.75) is 13.0 Å². The Balaban J connectivity index is 2.26. The van der Waals surface area contributed by atoms with Gasteiger partial charge in [0, 0.05) is 16.7 Å². The lowest BCUT2D eigenvalue weighted by Gasteiger charge is -2.20. The minimum Gasteiger partial charge on any atom is -0.497 e. The number of rotatable bonds is 5. The number of nitrogens with one attached hydrogen (secondary N) is 1. The van der Waals surface area contributed by atoms with E-state index in [2.05, 4.69) is 46.4 Å². The summed E-state index contributed by atoms with van der Waals surface area (Å²) in [6.45, 7) is 2.58. The molecule has 3 nitrogen and oxygen atoms in total. The van der Waals surface area contributed by atoms with Crippen molar-refractivity contribution in [3.05, 3.63) is 58.1 Å². The standard InChI is InChI=1S/C16H19BrN2O/c1-11-6-7-14(17)15(8-11)19-16(10-18)12-4-3-5-13(9-12)20-2/h3-9,16,19H,10,18H2,1-2H3. The highest BCUT2D eigenvalue weighted by atomic mass is 79.9. The number of methoxy groups -OCH3 is 1. The van der Waals surface area contributed by atoms with Gasteiger partial charge in [-0.3, -0.25) is 0 Å². The number of benzene rings is 2. The topological polar surface area (TPSA) is 47.3 Å². The Kier molecular flexibility index (Phi) is 5.04. The highest BCUT2D eigenvalue weighted by Gasteiger charge is 2.12. The van der Waals surface area contributed by atoms with Crippen LogP contribution in [0.25, 0.3) is 0 Å². The van der Waals surface area contributed by atoms with E-state index in [1.807, 2.05) is 24.3 Å². The van der Waals surface area contributed by atoms with E-state index in [0.29, 0.717) is 6.54 Å². The van der Waals surface area contributed by atoms with Gasteiger partial charge in [-0.15, -0.1) is 0 Å². The van der Waals surface area contributed by atoms with Crippen molar-refractivity contribution < 1.29 is 4.74 Å². The minimum atomic E-state index is 0.0446. The zero-order chi connectivity index (χ0) is 14.5. The molecular weight excluding hydrogens is 316 g/mol. The molecule has 2 rings (SSSR count). The van der Waals surface area contributed by atoms with E-state index in [1.54, 1.807) is 7.11 Å². The van der Waals surface area contributed by atoms with Gasteiger partial charge in [0.05, 0.1) is 13.2 Å². The number of ether oxygens (including phenoxy) is 1. The zero-order valence-electron chi connectivity index (χ0n) is 11.7. The van der Waals surface area contributed by atoms with Gasteiger partial charge in [-0.05, 0) is 58.2 Å². The van der Waals surface area contributed by atoms with E-state index in [0.717, 1.165) is 21.5 Å². The van der Waals surface area contributed by atoms with E-state index in [-0.39, 0.29) is 6.04 Å². The predicted molar refractivity (Wildman–Crippen MR) is 87.3 cm³/mol. The number of halogens is 1. The van der Waals surface area contributed by atoms with Crippen molar-refractivity contribution >= 4 is 21.6 Å². The molecule has 3 N–H and O–H groups in total. The summed E-state index contributed by atoms with van der Waals surface area (Å²) in [4.78, 5) is 0. The second kappa shape index (κ2) is 6.77. The quantitative estimate of drug-likeness (QED) is 0.872. The van der Waals surface area contributed by atoms with Gasteiger partial charge in [-0.25, -0.2) is 0 Å². The van der Waals surface area contributed by atoms with Crippen LogP contribution in [-0.2, 0) is 0 Å². The molecule has 1 unspecified atom stereocenters. The summed E-state index contributed by atoms with van der Waals surface area (Å²) in [5.41, 5.74) is 9.28. The summed E-state index contributed by atoms with van der Waals surface area (Å²) < 4.78 is 6.30. The van der Waals surface area contributed by atoms with Crippen LogP contribution in [0, 0.1) is 6.92 Å². The first-order chi connectivity index (χ1) is 9.63. The van der Waals surface area contributed by atoms with Crippen LogP contribution in [0.3, 0.4) is 0 Å². The predicted octanol–water partition coefficient (Wildman–Crippen LogP) is 3.88. The van der Waals surface area contributed by atoms with Crippen LogP contribution in [-0.4, -0.2) is 13.7 Å². The maximum Gasteiger partial charge on any atom is 0.119 e. The van der Waals surface area contributed by atoms with Gasteiger partial charge in [0.1, 0.15) is 5.75 Å². The first-order valence-corrected chi connectivity index (χ1v) is 7.30. The van der Waals surface area contributed by atoms with E-state index >= 15 is 0 Å². The molecule has 0 aliphatic heterocycles. The lowest BCUT2D eigenvalue weighted by atomic mass is 10.1. The average Bonchev–Trinajstić information content (AvgIpc) is 2.48. The first-order valence-electron chi connectivity index (χ1n) is 6.50. The molecular formula is C16H19BrN2O. The third-order valence-corrected chi connectivity index (χ3v) is 3.87. The summed E-state index contributed by atoms with van der Waals surface area (Å²) in [5, 5.41) is 3.48. The molecule has 0 aromatic heterocycles. The van der Waals surface area contributed by atoms with E-state index in [9.17, 15) is 0 Å². The van der Waals surface area contributed by atoms with Crippen molar-refractivity contribution in [2.24, 2.45) is 5.73 Å². The van der Waals surface area contributed by atoms with Crippen LogP contribution >= 0.6 is 15.9 Å². The molecule has 0 fully saturated rings. The van der Waals surface area contributed by atoms with Crippen LogP contribution in [0.1, 0.15) is 17.2 Å². The summed E-state index contributed by atoms with van der Waals surface area (Å²) in [7, 11) is 1.67. The molecule has 0 radical (unpaired) electrons. The van der Waals surface area contributed by atoms with Gasteiger partial charge in [0.15, 0.2) is 0 Å². The molecule has 2 aromatic rings. The van der Waals surface area contributed by atoms with Crippen LogP contribution in [0.4, 0.5) is 5.69 Å². The molecule has 106 valence electrons. The largest absolute Gasteiger partial charge is 0.497 e. The Labute approximate surface area is 128 Å². The van der Waals surface area contributed by atoms with Gasteiger partial charge >= 0.3 is 0 Å². The van der Waals surface area contributed by atoms with Gasteiger partial charge in [-0.2, -0.15) is 0 Å². The van der Waals surface area contributed by atoms with Gasteiger partial charge in [-0.1, -0.05) is 18.2 Å². The van der Waals surface area contributed by atoms with Crippen LogP contribution < -0.4 is 15.8 Å². The third kappa shape index (κ3) is 3.52. The highest BCUT2D eigenvalue weighted by Crippen LogP contribution is 2.28. The zero-order valence-corrected chi connectivity index (χ0v) is 13.3. The van der Waals surface area contributed by atoms with Crippen molar-refractivity contribution in [3.8, 4) is 5.75 Å². The molecule has 0 bridgehead atoms. The number of nitrogens with two attached hydrogens (primary N) is 1. The van der Waals surface area contributed by atoms with Crippen LogP contribution in [0.15, 0.2) is 46.9 Å². The maximum absolute atomic E-state index is 5.91. The van der Waals surface area contributed by atoms with E-state index in [1.165, 1.54) is 5.56 Å². The highest BCUT2D eigenvalue weighted by molar-refractivity contribution is 9.10. The summed E-state index contributed by atoms with van der Waals surface area (Å²) >= 11 is 3.56. The lowest BCUT2D eigenvalue weighted by molar-refractivity contribution is 0.414. The Morgan fingerprint density at radius 2 is 2.05 bits per heavy atom. The molecule has 0 amide bonds.